The summed E-state index contributed by atoms with van der Waals surface area (Å²) in [4.78, 5) is 36.2. The molecule has 0 saturated carbocycles. The van der Waals surface area contributed by atoms with Crippen LogP contribution in [0.2, 0.25) is 0 Å². The number of methoxy groups -OCH3 is 3. The van der Waals surface area contributed by atoms with E-state index in [2.05, 4.69) is 8.92 Å². The number of esters is 3. The van der Waals surface area contributed by atoms with Crippen molar-refractivity contribution >= 4 is 28.0 Å². The van der Waals surface area contributed by atoms with Gasteiger partial charge in [0.15, 0.2) is 5.41 Å². The van der Waals surface area contributed by atoms with Crippen LogP contribution in [-0.4, -0.2) is 53.2 Å². The van der Waals surface area contributed by atoms with Gasteiger partial charge in [0.2, 0.25) is 0 Å². The maximum atomic E-state index is 12.4. The summed E-state index contributed by atoms with van der Waals surface area (Å²) in [6.45, 7) is 0. The summed E-state index contributed by atoms with van der Waals surface area (Å²) in [5.41, 5.74) is -7.31. The van der Waals surface area contributed by atoms with E-state index in [1.54, 1.807) is 0 Å². The maximum absolute atomic E-state index is 12.4. The van der Waals surface area contributed by atoms with Crippen LogP contribution < -0.4 is 4.18 Å². The van der Waals surface area contributed by atoms with Crippen LogP contribution in [0, 0.1) is 5.41 Å². The third-order valence-electron chi connectivity index (χ3n) is 3.99. The number of rotatable bonds is 9. The highest BCUT2D eigenvalue weighted by molar-refractivity contribution is 7.88. The lowest BCUT2D eigenvalue weighted by Crippen LogP contribution is -2.43. The molecule has 0 saturated heterocycles. The fourth-order valence-electron chi connectivity index (χ4n) is 2.47. The Hall–Kier alpha value is -3.09. The van der Waals surface area contributed by atoms with E-state index in [4.69, 9.17) is 9.47 Å². The molecule has 172 valence electrons. The Morgan fingerprint density at radius 2 is 1.45 bits per heavy atom. The lowest BCUT2D eigenvalue weighted by Gasteiger charge is -2.27. The molecule has 0 bridgehead atoms. The minimum atomic E-state index is -5.86. The molecule has 0 N–H and O–H groups in total. The number of ether oxygens (including phenoxy) is 3. The number of hydrogen-bond acceptors (Lipinski definition) is 9. The van der Waals surface area contributed by atoms with Crippen molar-refractivity contribution in [3.63, 3.8) is 0 Å². The van der Waals surface area contributed by atoms with Gasteiger partial charge in [-0.2, -0.15) is 21.6 Å². The molecule has 0 unspecified atom stereocenters. The Bertz CT molecular complexity index is 919. The van der Waals surface area contributed by atoms with Crippen LogP contribution in [0.15, 0.2) is 36.4 Å². The van der Waals surface area contributed by atoms with Crippen molar-refractivity contribution in [2.75, 3.05) is 21.3 Å². The van der Waals surface area contributed by atoms with Crippen LogP contribution in [0.1, 0.15) is 12.0 Å². The van der Waals surface area contributed by atoms with E-state index in [-0.39, 0.29) is 18.4 Å². The van der Waals surface area contributed by atoms with E-state index in [1.807, 2.05) is 0 Å². The molecule has 0 atom stereocenters. The van der Waals surface area contributed by atoms with Gasteiger partial charge in [0.1, 0.15) is 5.75 Å². The maximum Gasteiger partial charge on any atom is 0.534 e. The summed E-state index contributed by atoms with van der Waals surface area (Å²) in [7, 11) is -2.67. The summed E-state index contributed by atoms with van der Waals surface area (Å²) < 4.78 is 77.2. The number of alkyl halides is 3. The first-order valence-electron chi connectivity index (χ1n) is 8.34. The lowest BCUT2D eigenvalue weighted by molar-refractivity contribution is -0.169. The smallest absolute Gasteiger partial charge is 0.468 e. The molecule has 0 spiro atoms. The standard InChI is InChI=1S/C18H19F3O9S/c1-27-14(22)5-4-10-17(15(23)28-2,16(24)29-3)11-12-6-8-13(9-7-12)30-31(25,26)18(19,20)21/h4-9H,10-11H2,1-3H3/b5-4+. The lowest BCUT2D eigenvalue weighted by atomic mass is 9.78. The summed E-state index contributed by atoms with van der Waals surface area (Å²) in [6.07, 6.45) is 1.51. The molecular weight excluding hydrogens is 449 g/mol. The largest absolute Gasteiger partial charge is 0.534 e. The fourth-order valence-corrected chi connectivity index (χ4v) is 2.93. The molecule has 0 aliphatic carbocycles. The van der Waals surface area contributed by atoms with E-state index in [0.29, 0.717) is 0 Å². The van der Waals surface area contributed by atoms with Gasteiger partial charge in [-0.15, -0.1) is 0 Å². The zero-order chi connectivity index (χ0) is 23.9. The first-order chi connectivity index (χ1) is 14.3. The van der Waals surface area contributed by atoms with E-state index in [0.717, 1.165) is 51.7 Å². The van der Waals surface area contributed by atoms with Gasteiger partial charge < -0.3 is 18.4 Å². The topological polar surface area (TPSA) is 122 Å². The van der Waals surface area contributed by atoms with Crippen molar-refractivity contribution in [1.82, 2.24) is 0 Å². The Balaban J connectivity index is 3.24. The van der Waals surface area contributed by atoms with Crippen LogP contribution >= 0.6 is 0 Å². The number of carbonyl (C=O) groups excluding carboxylic acids is 3. The van der Waals surface area contributed by atoms with Crippen LogP contribution in [0.5, 0.6) is 5.75 Å². The second-order valence-corrected chi connectivity index (χ2v) is 7.54. The van der Waals surface area contributed by atoms with Crippen molar-refractivity contribution in [1.29, 1.82) is 0 Å². The highest BCUT2D eigenvalue weighted by Crippen LogP contribution is 2.33. The van der Waals surface area contributed by atoms with Crippen LogP contribution in [0.4, 0.5) is 13.2 Å². The van der Waals surface area contributed by atoms with Gasteiger partial charge in [-0.3, -0.25) is 9.59 Å². The average molecular weight is 468 g/mol. The highest BCUT2D eigenvalue weighted by Gasteiger charge is 2.49. The van der Waals surface area contributed by atoms with Gasteiger partial charge in [-0.05, 0) is 30.5 Å². The SMILES string of the molecule is COC(=O)/C=C/CC(Cc1ccc(OS(=O)(=O)C(F)(F)F)cc1)(C(=O)OC)C(=O)OC. The van der Waals surface area contributed by atoms with Crippen molar-refractivity contribution in [3.8, 4) is 5.75 Å². The van der Waals surface area contributed by atoms with Gasteiger partial charge in [-0.25, -0.2) is 4.79 Å². The van der Waals surface area contributed by atoms with Crippen molar-refractivity contribution < 1.29 is 54.4 Å². The summed E-state index contributed by atoms with van der Waals surface area (Å²) in [5, 5.41) is 0. The monoisotopic (exact) mass is 468 g/mol. The number of carbonyl (C=O) groups is 3. The number of halogens is 3. The second-order valence-electron chi connectivity index (χ2n) is 6.00. The Morgan fingerprint density at radius 3 is 1.87 bits per heavy atom. The van der Waals surface area contributed by atoms with Gasteiger partial charge >= 0.3 is 33.5 Å². The fraction of sp³-hybridized carbons (Fsp3) is 0.389. The molecule has 1 rings (SSSR count). The van der Waals surface area contributed by atoms with Gasteiger partial charge in [0.25, 0.3) is 0 Å². The molecule has 0 aliphatic rings. The predicted octanol–water partition coefficient (Wildman–Crippen LogP) is 1.91. The third-order valence-corrected chi connectivity index (χ3v) is 4.97. The molecule has 0 heterocycles. The molecule has 9 nitrogen and oxygen atoms in total. The quantitative estimate of drug-likeness (QED) is 0.134. The van der Waals surface area contributed by atoms with Crippen molar-refractivity contribution in [2.24, 2.45) is 5.41 Å². The Kier molecular flexibility index (Phi) is 8.61. The van der Waals surface area contributed by atoms with Crippen LogP contribution in [0.25, 0.3) is 0 Å². The molecular formula is C18H19F3O9S. The van der Waals surface area contributed by atoms with E-state index in [9.17, 15) is 36.0 Å². The summed E-state index contributed by atoms with van der Waals surface area (Å²) in [6, 6.07) is 4.15. The first-order valence-corrected chi connectivity index (χ1v) is 9.75. The summed E-state index contributed by atoms with van der Waals surface area (Å²) >= 11 is 0. The van der Waals surface area contributed by atoms with E-state index in [1.165, 1.54) is 6.08 Å². The molecule has 0 aliphatic heterocycles. The zero-order valence-corrected chi connectivity index (χ0v) is 17.4. The Labute approximate surface area is 175 Å². The van der Waals surface area contributed by atoms with Crippen molar-refractivity contribution in [2.45, 2.75) is 18.3 Å². The minimum absolute atomic E-state index is 0.235. The highest BCUT2D eigenvalue weighted by atomic mass is 32.2. The van der Waals surface area contributed by atoms with Gasteiger partial charge in [0, 0.05) is 6.08 Å². The van der Waals surface area contributed by atoms with E-state index >= 15 is 0 Å². The minimum Gasteiger partial charge on any atom is -0.468 e. The summed E-state index contributed by atoms with van der Waals surface area (Å²) in [5.74, 6) is -3.35. The first kappa shape index (κ1) is 25.9. The molecule has 13 heteroatoms. The normalized spacial score (nSPS) is 12.3. The van der Waals surface area contributed by atoms with Gasteiger partial charge in [0.05, 0.1) is 21.3 Å². The van der Waals surface area contributed by atoms with Crippen molar-refractivity contribution in [3.05, 3.63) is 42.0 Å². The zero-order valence-electron chi connectivity index (χ0n) is 16.6. The molecule has 31 heavy (non-hydrogen) atoms. The molecule has 0 fully saturated rings. The molecule has 0 amide bonds. The third kappa shape index (κ3) is 6.44. The predicted molar refractivity (Wildman–Crippen MR) is 98.0 cm³/mol. The Morgan fingerprint density at radius 1 is 0.935 bits per heavy atom. The molecule has 0 radical (unpaired) electrons. The van der Waals surface area contributed by atoms with E-state index < -0.39 is 44.7 Å². The molecule has 0 aromatic heterocycles. The average Bonchev–Trinajstić information content (AvgIpc) is 2.71. The second kappa shape index (κ2) is 10.3. The van der Waals surface area contributed by atoms with Crippen LogP contribution in [-0.2, 0) is 45.1 Å². The molecule has 1 aromatic rings. The van der Waals surface area contributed by atoms with Gasteiger partial charge in [-0.1, -0.05) is 18.2 Å². The number of allylic oxidation sites excluding steroid dienone is 1. The van der Waals surface area contributed by atoms with Crippen LogP contribution in [0.3, 0.4) is 0 Å². The number of hydrogen-bond donors (Lipinski definition) is 0. The molecule has 1 aromatic carbocycles. The number of benzene rings is 1.